The number of nitrogens with two attached hydrogens (primary N) is 1. The van der Waals surface area contributed by atoms with Gasteiger partial charge in [-0.05, 0) is 55.0 Å². The van der Waals surface area contributed by atoms with Crippen molar-refractivity contribution < 1.29 is 17.9 Å². The Morgan fingerprint density at radius 2 is 1.78 bits per heavy atom. The van der Waals surface area contributed by atoms with E-state index in [9.17, 15) is 13.2 Å². The number of ether oxygens (including phenoxy) is 1. The van der Waals surface area contributed by atoms with E-state index in [0.717, 1.165) is 5.56 Å². The third-order valence-electron chi connectivity index (χ3n) is 4.31. The van der Waals surface area contributed by atoms with Gasteiger partial charge in [-0.3, -0.25) is 4.79 Å². The van der Waals surface area contributed by atoms with Gasteiger partial charge in [0.05, 0.1) is 17.6 Å². The van der Waals surface area contributed by atoms with E-state index in [0.29, 0.717) is 17.5 Å². The van der Waals surface area contributed by atoms with Gasteiger partial charge < -0.3 is 21.1 Å². The zero-order valence-electron chi connectivity index (χ0n) is 17.5. The van der Waals surface area contributed by atoms with Gasteiger partial charge in [0.1, 0.15) is 17.4 Å². The number of methoxy groups -OCH3 is 1. The fraction of sp³-hybridized carbons (Fsp3) is 0.200. The lowest BCUT2D eigenvalue weighted by atomic mass is 10.2. The molecule has 0 aliphatic heterocycles. The van der Waals surface area contributed by atoms with Crippen LogP contribution in [0.4, 0.5) is 17.5 Å². The molecule has 2 aromatic heterocycles. The van der Waals surface area contributed by atoms with Crippen molar-refractivity contribution in [3.05, 3.63) is 59.8 Å². The second-order valence-corrected chi connectivity index (χ2v) is 8.47. The summed E-state index contributed by atoms with van der Waals surface area (Å²) in [6.45, 7) is 2.30. The molecule has 0 atom stereocenters. The Labute approximate surface area is 185 Å². The van der Waals surface area contributed by atoms with Crippen LogP contribution in [0.2, 0.25) is 0 Å². The minimum absolute atomic E-state index is 0.0154. The van der Waals surface area contributed by atoms with E-state index in [-0.39, 0.29) is 29.3 Å². The summed E-state index contributed by atoms with van der Waals surface area (Å²) in [6.07, 6.45) is 1.70. The van der Waals surface area contributed by atoms with Crippen molar-refractivity contribution in [3.8, 4) is 5.75 Å². The number of benzene rings is 1. The molecule has 0 radical (unpaired) electrons. The summed E-state index contributed by atoms with van der Waals surface area (Å²) >= 11 is 0. The quantitative estimate of drug-likeness (QED) is 0.330. The Morgan fingerprint density at radius 1 is 1.03 bits per heavy atom. The van der Waals surface area contributed by atoms with Gasteiger partial charge in [0.2, 0.25) is 10.0 Å². The van der Waals surface area contributed by atoms with Gasteiger partial charge in [-0.2, -0.15) is 0 Å². The van der Waals surface area contributed by atoms with Crippen LogP contribution in [-0.4, -0.2) is 49.7 Å². The van der Waals surface area contributed by atoms with Crippen molar-refractivity contribution in [1.29, 1.82) is 0 Å². The monoisotopic (exact) mass is 457 g/mol. The Kier molecular flexibility index (Phi) is 7.18. The number of pyridine rings is 1. The number of hydrogen-bond acceptors (Lipinski definition) is 9. The third-order valence-corrected chi connectivity index (χ3v) is 5.76. The number of sulfonamides is 1. The van der Waals surface area contributed by atoms with Crippen LogP contribution in [0.25, 0.3) is 0 Å². The number of carbonyl (C=O) groups excluding carboxylic acids is 1. The molecule has 0 aliphatic rings. The smallest absolute Gasteiger partial charge is 0.252 e. The first-order chi connectivity index (χ1) is 15.3. The molecule has 0 unspecified atom stereocenters. The molecule has 0 bridgehead atoms. The van der Waals surface area contributed by atoms with Gasteiger partial charge in [0.15, 0.2) is 5.82 Å². The Bertz CT molecular complexity index is 1200. The van der Waals surface area contributed by atoms with E-state index in [1.54, 1.807) is 18.3 Å². The van der Waals surface area contributed by atoms with Gasteiger partial charge in [-0.25, -0.2) is 18.1 Å². The molecule has 1 amide bonds. The van der Waals surface area contributed by atoms with Crippen LogP contribution in [-0.2, 0) is 10.0 Å². The molecule has 0 spiro atoms. The Morgan fingerprint density at radius 3 is 2.44 bits per heavy atom. The highest BCUT2D eigenvalue weighted by Crippen LogP contribution is 2.22. The first-order valence-electron chi connectivity index (χ1n) is 9.53. The largest absolute Gasteiger partial charge is 0.496 e. The average Bonchev–Trinajstić information content (AvgIpc) is 2.77. The number of aryl methyl sites for hydroxylation is 1. The van der Waals surface area contributed by atoms with Crippen LogP contribution >= 0.6 is 0 Å². The molecule has 0 aliphatic carbocycles. The van der Waals surface area contributed by atoms with Crippen molar-refractivity contribution in [1.82, 2.24) is 19.9 Å². The molecule has 0 fully saturated rings. The molecule has 0 saturated heterocycles. The minimum atomic E-state index is -3.85. The van der Waals surface area contributed by atoms with E-state index in [1.165, 1.54) is 25.3 Å². The molecule has 2 heterocycles. The Hall–Kier alpha value is -3.77. The number of rotatable bonds is 10. The number of primary amides is 1. The normalized spacial score (nSPS) is 11.1. The summed E-state index contributed by atoms with van der Waals surface area (Å²) in [6, 6.07) is 11.1. The van der Waals surface area contributed by atoms with Gasteiger partial charge in [-0.15, -0.1) is 10.2 Å². The van der Waals surface area contributed by atoms with Crippen LogP contribution in [0, 0.1) is 6.92 Å². The highest BCUT2D eigenvalue weighted by Gasteiger charge is 2.18. The van der Waals surface area contributed by atoms with Gasteiger partial charge in [-0.1, -0.05) is 0 Å². The second-order valence-electron chi connectivity index (χ2n) is 6.70. The first-order valence-corrected chi connectivity index (χ1v) is 11.0. The fourth-order valence-corrected chi connectivity index (χ4v) is 3.79. The first kappa shape index (κ1) is 22.9. The standard InChI is InChI=1S/C20H23N7O4S/c1-13-7-8-22-19(11-13)25-18-6-5-17(26-27-18)23-9-10-24-32(29,30)14-3-4-16(31-2)15(12-14)20(21)28/h3-8,11-12,24H,9-10H2,1-2H3,(H2,21,28)(H,23,26)(H,22,25,27). The summed E-state index contributed by atoms with van der Waals surface area (Å²) in [5.41, 5.74) is 6.33. The Balaban J connectivity index is 1.53. The number of hydrogen-bond donors (Lipinski definition) is 4. The number of nitrogens with zero attached hydrogens (tertiary/aromatic N) is 3. The molecule has 11 nitrogen and oxygen atoms in total. The molecular weight excluding hydrogens is 434 g/mol. The predicted molar refractivity (Wildman–Crippen MR) is 119 cm³/mol. The fourth-order valence-electron chi connectivity index (χ4n) is 2.74. The van der Waals surface area contributed by atoms with Crippen LogP contribution in [0.5, 0.6) is 5.75 Å². The van der Waals surface area contributed by atoms with Crippen molar-refractivity contribution >= 4 is 33.4 Å². The molecular formula is C20H23N7O4S. The van der Waals surface area contributed by atoms with Gasteiger partial charge >= 0.3 is 0 Å². The maximum atomic E-state index is 12.5. The average molecular weight is 458 g/mol. The number of anilines is 3. The molecule has 3 rings (SSSR count). The van der Waals surface area contributed by atoms with Crippen LogP contribution in [0.1, 0.15) is 15.9 Å². The highest BCUT2D eigenvalue weighted by atomic mass is 32.2. The van der Waals surface area contributed by atoms with Crippen molar-refractivity contribution in [2.75, 3.05) is 30.8 Å². The maximum Gasteiger partial charge on any atom is 0.252 e. The lowest BCUT2D eigenvalue weighted by Gasteiger charge is -2.11. The molecule has 5 N–H and O–H groups in total. The number of aromatic nitrogens is 3. The summed E-state index contributed by atoms with van der Waals surface area (Å²) in [7, 11) is -2.48. The van der Waals surface area contributed by atoms with Gasteiger partial charge in [0.25, 0.3) is 5.91 Å². The van der Waals surface area contributed by atoms with Gasteiger partial charge in [0, 0.05) is 19.3 Å². The number of carbonyl (C=O) groups is 1. The zero-order valence-corrected chi connectivity index (χ0v) is 18.3. The molecule has 3 aromatic rings. The highest BCUT2D eigenvalue weighted by molar-refractivity contribution is 7.89. The third kappa shape index (κ3) is 5.89. The van der Waals surface area contributed by atoms with Crippen molar-refractivity contribution in [3.63, 3.8) is 0 Å². The topological polar surface area (TPSA) is 161 Å². The second kappa shape index (κ2) is 10.0. The van der Waals surface area contributed by atoms with E-state index >= 15 is 0 Å². The lowest BCUT2D eigenvalue weighted by Crippen LogP contribution is -2.29. The molecule has 12 heteroatoms. The maximum absolute atomic E-state index is 12.5. The summed E-state index contributed by atoms with van der Waals surface area (Å²) in [5, 5.41) is 14.1. The summed E-state index contributed by atoms with van der Waals surface area (Å²) in [5.74, 6) is 1.09. The van der Waals surface area contributed by atoms with Crippen molar-refractivity contribution in [2.45, 2.75) is 11.8 Å². The van der Waals surface area contributed by atoms with Crippen LogP contribution < -0.4 is 25.8 Å². The summed E-state index contributed by atoms with van der Waals surface area (Å²) in [4.78, 5) is 15.6. The zero-order chi connectivity index (χ0) is 23.1. The van der Waals surface area contributed by atoms with Crippen molar-refractivity contribution in [2.24, 2.45) is 5.73 Å². The predicted octanol–water partition coefficient (Wildman–Crippen LogP) is 1.42. The number of nitrogens with one attached hydrogen (secondary N) is 3. The van der Waals surface area contributed by atoms with E-state index < -0.39 is 15.9 Å². The lowest BCUT2D eigenvalue weighted by molar-refractivity contribution is 0.0997. The van der Waals surface area contributed by atoms with Crippen LogP contribution in [0.3, 0.4) is 0 Å². The van der Waals surface area contributed by atoms with E-state index in [1.807, 2.05) is 19.1 Å². The number of amides is 1. The molecule has 0 saturated carbocycles. The molecule has 168 valence electrons. The molecule has 1 aromatic carbocycles. The minimum Gasteiger partial charge on any atom is -0.496 e. The van der Waals surface area contributed by atoms with Crippen LogP contribution in [0.15, 0.2) is 53.6 Å². The van der Waals surface area contributed by atoms with E-state index in [2.05, 4.69) is 30.5 Å². The SMILES string of the molecule is COc1ccc(S(=O)(=O)NCCNc2ccc(Nc3cc(C)ccn3)nn2)cc1C(N)=O. The molecule has 32 heavy (non-hydrogen) atoms. The van der Waals surface area contributed by atoms with E-state index in [4.69, 9.17) is 10.5 Å². The summed E-state index contributed by atoms with van der Waals surface area (Å²) < 4.78 is 32.4.